The van der Waals surface area contributed by atoms with Crippen molar-refractivity contribution in [3.63, 3.8) is 0 Å². The molecule has 0 aliphatic carbocycles. The molecule has 0 aromatic carbocycles. The largest absolute Gasteiger partial charge is 0.388 e. The van der Waals surface area contributed by atoms with Crippen LogP contribution in [-0.2, 0) is 4.74 Å². The SMILES string of the molecule is CCCC1CN(CC2(O)CCOCC2)C1. The summed E-state index contributed by atoms with van der Waals surface area (Å²) in [6.45, 7) is 6.94. The molecule has 0 aromatic rings. The van der Waals surface area contributed by atoms with Crippen LogP contribution in [0.15, 0.2) is 0 Å². The van der Waals surface area contributed by atoms with Crippen LogP contribution in [0.25, 0.3) is 0 Å². The average molecular weight is 213 g/mol. The topological polar surface area (TPSA) is 32.7 Å². The fourth-order valence-corrected chi connectivity index (χ4v) is 2.72. The quantitative estimate of drug-likeness (QED) is 0.763. The van der Waals surface area contributed by atoms with E-state index in [4.69, 9.17) is 4.74 Å². The first-order chi connectivity index (χ1) is 7.22. The summed E-state index contributed by atoms with van der Waals surface area (Å²) < 4.78 is 5.28. The maximum absolute atomic E-state index is 10.3. The number of likely N-dealkylation sites (tertiary alicyclic amines) is 1. The van der Waals surface area contributed by atoms with E-state index in [-0.39, 0.29) is 0 Å². The summed E-state index contributed by atoms with van der Waals surface area (Å²) in [5.41, 5.74) is -0.463. The number of ether oxygens (including phenoxy) is 1. The van der Waals surface area contributed by atoms with Gasteiger partial charge in [-0.25, -0.2) is 0 Å². The normalized spacial score (nSPS) is 27.6. The van der Waals surface area contributed by atoms with E-state index in [0.29, 0.717) is 0 Å². The third kappa shape index (κ3) is 2.92. The summed E-state index contributed by atoms with van der Waals surface area (Å²) in [6.07, 6.45) is 4.25. The van der Waals surface area contributed by atoms with Crippen molar-refractivity contribution >= 4 is 0 Å². The second-order valence-corrected chi connectivity index (χ2v) is 5.19. The molecule has 0 bridgehead atoms. The molecular weight excluding hydrogens is 190 g/mol. The van der Waals surface area contributed by atoms with Crippen LogP contribution in [0, 0.1) is 5.92 Å². The van der Waals surface area contributed by atoms with E-state index >= 15 is 0 Å². The molecule has 1 N–H and O–H groups in total. The molecule has 0 saturated carbocycles. The van der Waals surface area contributed by atoms with Gasteiger partial charge >= 0.3 is 0 Å². The lowest BCUT2D eigenvalue weighted by Crippen LogP contribution is -2.55. The van der Waals surface area contributed by atoms with Crippen LogP contribution < -0.4 is 0 Å². The Hall–Kier alpha value is -0.120. The third-order valence-corrected chi connectivity index (χ3v) is 3.67. The zero-order chi connectivity index (χ0) is 10.7. The lowest BCUT2D eigenvalue weighted by Gasteiger charge is -2.45. The van der Waals surface area contributed by atoms with Gasteiger partial charge in [0, 0.05) is 45.7 Å². The standard InChI is InChI=1S/C12H23NO2/c1-2-3-11-8-13(9-11)10-12(14)4-6-15-7-5-12/h11,14H,2-10H2,1H3. The molecule has 15 heavy (non-hydrogen) atoms. The lowest BCUT2D eigenvalue weighted by molar-refractivity contribution is -0.0949. The van der Waals surface area contributed by atoms with E-state index in [1.807, 2.05) is 0 Å². The second-order valence-electron chi connectivity index (χ2n) is 5.19. The first kappa shape index (κ1) is 11.4. The molecule has 0 atom stereocenters. The fourth-order valence-electron chi connectivity index (χ4n) is 2.72. The minimum Gasteiger partial charge on any atom is -0.388 e. The Kier molecular flexibility index (Phi) is 3.65. The number of rotatable bonds is 4. The van der Waals surface area contributed by atoms with Gasteiger partial charge in [0.1, 0.15) is 0 Å². The van der Waals surface area contributed by atoms with Gasteiger partial charge in [-0.15, -0.1) is 0 Å². The third-order valence-electron chi connectivity index (χ3n) is 3.67. The summed E-state index contributed by atoms with van der Waals surface area (Å²) in [5.74, 6) is 0.887. The Morgan fingerprint density at radius 3 is 2.60 bits per heavy atom. The van der Waals surface area contributed by atoms with Crippen molar-refractivity contribution in [1.29, 1.82) is 0 Å². The van der Waals surface area contributed by atoms with Gasteiger partial charge in [-0.1, -0.05) is 13.3 Å². The fraction of sp³-hybridized carbons (Fsp3) is 1.00. The van der Waals surface area contributed by atoms with E-state index < -0.39 is 5.60 Å². The predicted octanol–water partition coefficient (Wildman–Crippen LogP) is 1.26. The number of β-amino-alcohol motifs (C(OH)–C–C–N with tert-alkyl or cyclic N) is 1. The molecule has 0 radical (unpaired) electrons. The maximum Gasteiger partial charge on any atom is 0.0817 e. The number of nitrogens with zero attached hydrogens (tertiary/aromatic N) is 1. The molecule has 2 heterocycles. The van der Waals surface area contributed by atoms with E-state index in [1.54, 1.807) is 0 Å². The monoisotopic (exact) mass is 213 g/mol. The van der Waals surface area contributed by atoms with Crippen LogP contribution in [-0.4, -0.2) is 48.5 Å². The number of hydrogen-bond donors (Lipinski definition) is 1. The van der Waals surface area contributed by atoms with Gasteiger partial charge in [0.05, 0.1) is 5.60 Å². The lowest BCUT2D eigenvalue weighted by atomic mass is 9.89. The molecule has 3 heteroatoms. The number of aliphatic hydroxyl groups is 1. The minimum absolute atomic E-state index is 0.463. The molecule has 0 spiro atoms. The Morgan fingerprint density at radius 1 is 1.33 bits per heavy atom. The van der Waals surface area contributed by atoms with E-state index in [0.717, 1.165) is 38.5 Å². The van der Waals surface area contributed by atoms with Crippen LogP contribution in [0.5, 0.6) is 0 Å². The Bertz CT molecular complexity index is 196. The summed E-state index contributed by atoms with van der Waals surface area (Å²) in [4.78, 5) is 2.39. The van der Waals surface area contributed by atoms with Gasteiger partial charge in [-0.3, -0.25) is 4.90 Å². The zero-order valence-corrected chi connectivity index (χ0v) is 9.74. The summed E-state index contributed by atoms with van der Waals surface area (Å²) >= 11 is 0. The highest BCUT2D eigenvalue weighted by molar-refractivity contribution is 4.89. The van der Waals surface area contributed by atoms with Crippen molar-refractivity contribution < 1.29 is 9.84 Å². The smallest absolute Gasteiger partial charge is 0.0817 e. The van der Waals surface area contributed by atoms with E-state index in [9.17, 15) is 5.11 Å². The first-order valence-corrected chi connectivity index (χ1v) is 6.24. The maximum atomic E-state index is 10.3. The van der Waals surface area contributed by atoms with Gasteiger partial charge in [0.15, 0.2) is 0 Å². The Morgan fingerprint density at radius 2 is 2.00 bits per heavy atom. The van der Waals surface area contributed by atoms with Gasteiger partial charge in [0.2, 0.25) is 0 Å². The predicted molar refractivity (Wildman–Crippen MR) is 59.8 cm³/mol. The van der Waals surface area contributed by atoms with Crippen LogP contribution >= 0.6 is 0 Å². The molecule has 3 nitrogen and oxygen atoms in total. The molecule has 0 aromatic heterocycles. The van der Waals surface area contributed by atoms with Gasteiger partial charge in [-0.05, 0) is 12.3 Å². The second kappa shape index (κ2) is 4.81. The van der Waals surface area contributed by atoms with Crippen LogP contribution in [0.3, 0.4) is 0 Å². The van der Waals surface area contributed by atoms with Crippen LogP contribution in [0.2, 0.25) is 0 Å². The Labute approximate surface area is 92.4 Å². The van der Waals surface area contributed by atoms with Gasteiger partial charge < -0.3 is 9.84 Å². The van der Waals surface area contributed by atoms with Crippen LogP contribution in [0.1, 0.15) is 32.6 Å². The molecule has 2 aliphatic rings. The van der Waals surface area contributed by atoms with E-state index in [2.05, 4.69) is 11.8 Å². The highest BCUT2D eigenvalue weighted by Gasteiger charge is 2.36. The zero-order valence-electron chi connectivity index (χ0n) is 9.74. The highest BCUT2D eigenvalue weighted by atomic mass is 16.5. The van der Waals surface area contributed by atoms with Crippen molar-refractivity contribution in [1.82, 2.24) is 4.90 Å². The summed E-state index contributed by atoms with van der Waals surface area (Å²) in [6, 6.07) is 0. The van der Waals surface area contributed by atoms with Crippen molar-refractivity contribution in [2.45, 2.75) is 38.2 Å². The molecule has 88 valence electrons. The molecule has 2 rings (SSSR count). The summed E-state index contributed by atoms with van der Waals surface area (Å²) in [7, 11) is 0. The minimum atomic E-state index is -0.463. The first-order valence-electron chi connectivity index (χ1n) is 6.24. The molecule has 2 aliphatic heterocycles. The molecule has 0 amide bonds. The number of hydrogen-bond acceptors (Lipinski definition) is 3. The van der Waals surface area contributed by atoms with Crippen molar-refractivity contribution in [2.75, 3.05) is 32.8 Å². The van der Waals surface area contributed by atoms with Gasteiger partial charge in [0.25, 0.3) is 0 Å². The molecule has 0 unspecified atom stereocenters. The molecular formula is C12H23NO2. The van der Waals surface area contributed by atoms with Gasteiger partial charge in [-0.2, -0.15) is 0 Å². The Balaban J connectivity index is 1.69. The van der Waals surface area contributed by atoms with Crippen molar-refractivity contribution in [3.05, 3.63) is 0 Å². The van der Waals surface area contributed by atoms with Crippen molar-refractivity contribution in [3.8, 4) is 0 Å². The molecule has 2 fully saturated rings. The molecule has 2 saturated heterocycles. The summed E-state index contributed by atoms with van der Waals surface area (Å²) in [5, 5.41) is 10.3. The van der Waals surface area contributed by atoms with Crippen LogP contribution in [0.4, 0.5) is 0 Å². The average Bonchev–Trinajstić information content (AvgIpc) is 2.16. The van der Waals surface area contributed by atoms with Crippen molar-refractivity contribution in [2.24, 2.45) is 5.92 Å². The highest BCUT2D eigenvalue weighted by Crippen LogP contribution is 2.27. The van der Waals surface area contributed by atoms with E-state index in [1.165, 1.54) is 25.9 Å².